The average molecular weight is 634 g/mol. The van der Waals surface area contributed by atoms with E-state index in [1.807, 2.05) is 30.5 Å². The number of fused-ring (bicyclic) bond motifs is 2. The smallest absolute Gasteiger partial charge is 0.269 e. The van der Waals surface area contributed by atoms with Crippen LogP contribution in [-0.2, 0) is 11.3 Å². The molecule has 0 radical (unpaired) electrons. The van der Waals surface area contributed by atoms with Crippen molar-refractivity contribution in [2.75, 3.05) is 6.61 Å². The lowest BCUT2D eigenvalue weighted by molar-refractivity contribution is -0.385. The highest BCUT2D eigenvalue weighted by molar-refractivity contribution is 6.02. The first-order valence-electron chi connectivity index (χ1n) is 14.7. The second kappa shape index (κ2) is 12.7. The number of rotatable bonds is 11. The number of imidazole rings is 1. The number of benzene rings is 4. The Labute approximate surface area is 266 Å². The summed E-state index contributed by atoms with van der Waals surface area (Å²) >= 11 is 0. The molecule has 0 fully saturated rings. The normalized spacial score (nSPS) is 11.4. The van der Waals surface area contributed by atoms with E-state index in [4.69, 9.17) is 19.7 Å². The first kappa shape index (κ1) is 30.9. The highest BCUT2D eigenvalue weighted by Crippen LogP contribution is 2.35. The van der Waals surface area contributed by atoms with Crippen LogP contribution in [0, 0.1) is 30.3 Å². The Kier molecular flexibility index (Phi) is 8.33. The third-order valence-electron chi connectivity index (χ3n) is 7.57. The monoisotopic (exact) mass is 633 g/mol. The van der Waals surface area contributed by atoms with Crippen molar-refractivity contribution < 1.29 is 19.5 Å². The number of ether oxygens (including phenoxy) is 1. The second-order valence-corrected chi connectivity index (χ2v) is 11.0. The van der Waals surface area contributed by atoms with Gasteiger partial charge in [0.05, 0.1) is 43.1 Å². The van der Waals surface area contributed by atoms with Gasteiger partial charge in [-0.2, -0.15) is 0 Å². The zero-order valence-electron chi connectivity index (χ0n) is 25.3. The van der Waals surface area contributed by atoms with E-state index in [1.165, 1.54) is 36.4 Å². The van der Waals surface area contributed by atoms with E-state index in [-0.39, 0.29) is 23.2 Å². The Balaban J connectivity index is 1.56. The molecule has 6 aromatic rings. The van der Waals surface area contributed by atoms with E-state index in [9.17, 15) is 30.3 Å². The first-order valence-corrected chi connectivity index (χ1v) is 14.7. The van der Waals surface area contributed by atoms with Crippen molar-refractivity contribution >= 4 is 39.0 Å². The quantitative estimate of drug-likeness (QED) is 0.0785. The molecule has 0 bridgehead atoms. The van der Waals surface area contributed by atoms with Gasteiger partial charge in [0.2, 0.25) is 0 Å². The van der Waals surface area contributed by atoms with Gasteiger partial charge in [-0.25, -0.2) is 15.0 Å². The lowest BCUT2D eigenvalue weighted by Crippen LogP contribution is -2.08. The van der Waals surface area contributed by atoms with Crippen LogP contribution in [0.5, 0.6) is 0 Å². The van der Waals surface area contributed by atoms with Crippen molar-refractivity contribution in [3.05, 3.63) is 115 Å². The van der Waals surface area contributed by atoms with Crippen molar-refractivity contribution in [1.82, 2.24) is 19.5 Å². The highest BCUT2D eigenvalue weighted by Gasteiger charge is 2.20. The summed E-state index contributed by atoms with van der Waals surface area (Å²) in [6, 6.07) is 21.9. The number of non-ortho nitro benzene ring substituents is 3. The van der Waals surface area contributed by atoms with E-state index in [0.717, 1.165) is 5.52 Å². The number of nitrogens with zero attached hydrogens (tertiary/aromatic N) is 7. The molecule has 14 heteroatoms. The molecule has 236 valence electrons. The van der Waals surface area contributed by atoms with Gasteiger partial charge in [0, 0.05) is 71.6 Å². The fraction of sp³-hybridized carbons (Fsp3) is 0.182. The van der Waals surface area contributed by atoms with Gasteiger partial charge in [0.25, 0.3) is 17.1 Å². The predicted octanol–water partition coefficient (Wildman–Crippen LogP) is 7.52. The Morgan fingerprint density at radius 3 is 1.74 bits per heavy atom. The van der Waals surface area contributed by atoms with E-state index in [1.54, 1.807) is 36.4 Å². The van der Waals surface area contributed by atoms with Gasteiger partial charge in [-0.05, 0) is 68.8 Å². The van der Waals surface area contributed by atoms with Crippen LogP contribution in [0.1, 0.15) is 20.3 Å². The molecule has 6 rings (SSSR count). The molecule has 0 aliphatic heterocycles. The van der Waals surface area contributed by atoms with Crippen LogP contribution in [0.2, 0.25) is 0 Å². The molecule has 0 saturated carbocycles. The molecule has 0 aliphatic carbocycles. The molecule has 0 atom stereocenters. The molecule has 14 nitrogen and oxygen atoms in total. The number of hydrogen-bond donors (Lipinski definition) is 0. The van der Waals surface area contributed by atoms with Crippen LogP contribution in [0.25, 0.3) is 56.0 Å². The zero-order chi connectivity index (χ0) is 33.2. The maximum absolute atomic E-state index is 11.4. The topological polar surface area (TPSA) is 182 Å². The van der Waals surface area contributed by atoms with Gasteiger partial charge in [-0.15, -0.1) is 0 Å². The summed E-state index contributed by atoms with van der Waals surface area (Å²) in [5.41, 5.74) is 4.10. The van der Waals surface area contributed by atoms with Crippen LogP contribution < -0.4 is 0 Å². The standard InChI is InChI=1S/C33H27N7O7/c1-20(2)47-17-3-16-37-30-18-27-28(19-29(30)35-33(37)23-8-14-26(15-9-23)40(45)46)34-32(22-6-12-25(13-7-22)39(43)44)36-31(27)21-4-10-24(11-5-21)38(41)42/h4-15,18-20H,3,16-17H2,1-2H3. The van der Waals surface area contributed by atoms with E-state index in [2.05, 4.69) is 0 Å². The van der Waals surface area contributed by atoms with E-state index >= 15 is 0 Å². The summed E-state index contributed by atoms with van der Waals surface area (Å²) in [6.45, 7) is 4.98. The van der Waals surface area contributed by atoms with Gasteiger partial charge in [0.1, 0.15) is 5.82 Å². The molecule has 2 heterocycles. The lowest BCUT2D eigenvalue weighted by Gasteiger charge is -2.13. The zero-order valence-corrected chi connectivity index (χ0v) is 25.3. The second-order valence-electron chi connectivity index (χ2n) is 11.0. The molecule has 2 aromatic heterocycles. The van der Waals surface area contributed by atoms with Crippen molar-refractivity contribution in [2.45, 2.75) is 32.9 Å². The summed E-state index contributed by atoms with van der Waals surface area (Å²) < 4.78 is 7.81. The highest BCUT2D eigenvalue weighted by atomic mass is 16.6. The van der Waals surface area contributed by atoms with E-state index < -0.39 is 14.8 Å². The summed E-state index contributed by atoms with van der Waals surface area (Å²) in [7, 11) is 0. The maximum atomic E-state index is 11.4. The van der Waals surface area contributed by atoms with Crippen LogP contribution in [0.3, 0.4) is 0 Å². The van der Waals surface area contributed by atoms with Gasteiger partial charge >= 0.3 is 0 Å². The SMILES string of the molecule is CC(C)OCCCn1c(-c2ccc([N+](=O)[O-])cc2)nc2cc3nc(-c4ccc([N+](=O)[O-])cc4)nc(-c4ccc([N+](=O)[O-])cc4)c3cc21. The fourth-order valence-electron chi connectivity index (χ4n) is 5.29. The van der Waals surface area contributed by atoms with Gasteiger partial charge < -0.3 is 9.30 Å². The Hall–Kier alpha value is -6.15. The Morgan fingerprint density at radius 2 is 1.21 bits per heavy atom. The molecule has 0 N–H and O–H groups in total. The van der Waals surface area contributed by atoms with Crippen LogP contribution in [0.15, 0.2) is 84.9 Å². The summed E-state index contributed by atoms with van der Waals surface area (Å²) in [5, 5.41) is 34.5. The van der Waals surface area contributed by atoms with Crippen molar-refractivity contribution in [1.29, 1.82) is 0 Å². The Bertz CT molecular complexity index is 2140. The molecule has 0 amide bonds. The average Bonchev–Trinajstić information content (AvgIpc) is 3.42. The molecule has 0 saturated heterocycles. The lowest BCUT2D eigenvalue weighted by atomic mass is 10.0. The summed E-state index contributed by atoms with van der Waals surface area (Å²) in [5.74, 6) is 0.913. The van der Waals surface area contributed by atoms with Gasteiger partial charge in [-0.1, -0.05) is 0 Å². The molecule has 0 spiro atoms. The summed E-state index contributed by atoms with van der Waals surface area (Å²) in [6.07, 6.45) is 0.742. The molecule has 4 aromatic carbocycles. The molecular weight excluding hydrogens is 606 g/mol. The largest absolute Gasteiger partial charge is 0.379 e. The van der Waals surface area contributed by atoms with Crippen LogP contribution in [0.4, 0.5) is 17.1 Å². The predicted molar refractivity (Wildman–Crippen MR) is 175 cm³/mol. The van der Waals surface area contributed by atoms with Crippen LogP contribution in [-0.4, -0.2) is 47.0 Å². The molecular formula is C33H27N7O7. The summed E-state index contributed by atoms with van der Waals surface area (Å²) in [4.78, 5) is 47.0. The van der Waals surface area contributed by atoms with E-state index in [0.29, 0.717) is 70.0 Å². The molecule has 0 aliphatic rings. The number of hydrogen-bond acceptors (Lipinski definition) is 10. The van der Waals surface area contributed by atoms with Gasteiger partial charge in [0.15, 0.2) is 5.82 Å². The minimum absolute atomic E-state index is 0.0331. The maximum Gasteiger partial charge on any atom is 0.269 e. The third-order valence-corrected chi connectivity index (χ3v) is 7.57. The third kappa shape index (κ3) is 6.35. The fourth-order valence-corrected chi connectivity index (χ4v) is 5.29. The minimum atomic E-state index is -0.488. The molecule has 47 heavy (non-hydrogen) atoms. The first-order chi connectivity index (χ1) is 22.6. The van der Waals surface area contributed by atoms with Crippen molar-refractivity contribution in [2.24, 2.45) is 0 Å². The number of aromatic nitrogens is 4. The Morgan fingerprint density at radius 1 is 0.681 bits per heavy atom. The minimum Gasteiger partial charge on any atom is -0.379 e. The van der Waals surface area contributed by atoms with Crippen molar-refractivity contribution in [3.63, 3.8) is 0 Å². The van der Waals surface area contributed by atoms with Crippen LogP contribution >= 0.6 is 0 Å². The molecule has 0 unspecified atom stereocenters. The number of aryl methyl sites for hydroxylation is 1. The number of nitro benzene ring substituents is 3. The van der Waals surface area contributed by atoms with Crippen molar-refractivity contribution in [3.8, 4) is 34.0 Å². The van der Waals surface area contributed by atoms with Gasteiger partial charge in [-0.3, -0.25) is 30.3 Å². The number of nitro groups is 3.